The van der Waals surface area contributed by atoms with Gasteiger partial charge in [0.25, 0.3) is 0 Å². The van der Waals surface area contributed by atoms with E-state index in [1.165, 1.54) is 38.8 Å². The molecule has 0 bridgehead atoms. The second-order valence-corrected chi connectivity index (χ2v) is 5.63. The van der Waals surface area contributed by atoms with Crippen molar-refractivity contribution in [2.75, 3.05) is 32.7 Å². The number of amides is 1. The van der Waals surface area contributed by atoms with E-state index in [4.69, 9.17) is 0 Å². The number of likely N-dealkylation sites (tertiary alicyclic amines) is 1. The monoisotopic (exact) mass is 253 g/mol. The Hall–Kier alpha value is -0.610. The summed E-state index contributed by atoms with van der Waals surface area (Å²) >= 11 is 0. The lowest BCUT2D eigenvalue weighted by Gasteiger charge is -2.31. The number of hydrogen-bond donors (Lipinski definition) is 2. The topological polar surface area (TPSA) is 44.4 Å². The standard InChI is InChI=1S/C14H27N3O/c1-2-17-9-6-12(7-10-17)11-16-14(18)13-5-3-4-8-15-13/h12-13,15H,2-11H2,1H3,(H,16,18)/t13-/m1/s1. The van der Waals surface area contributed by atoms with E-state index in [1.54, 1.807) is 0 Å². The predicted molar refractivity (Wildman–Crippen MR) is 73.5 cm³/mol. The molecule has 0 aromatic carbocycles. The molecule has 4 heteroatoms. The highest BCUT2D eigenvalue weighted by Gasteiger charge is 2.22. The fourth-order valence-corrected chi connectivity index (χ4v) is 2.95. The Labute approximate surface area is 110 Å². The Morgan fingerprint density at radius 2 is 2.06 bits per heavy atom. The minimum atomic E-state index is 0.0643. The van der Waals surface area contributed by atoms with Crippen LogP contribution in [0.5, 0.6) is 0 Å². The van der Waals surface area contributed by atoms with E-state index in [-0.39, 0.29) is 11.9 Å². The number of piperidine rings is 2. The fraction of sp³-hybridized carbons (Fsp3) is 0.929. The number of carbonyl (C=O) groups excluding carboxylic acids is 1. The Kier molecular flexibility index (Phi) is 5.45. The van der Waals surface area contributed by atoms with Crippen LogP contribution in [-0.2, 0) is 4.79 Å². The van der Waals surface area contributed by atoms with Gasteiger partial charge in [0, 0.05) is 6.54 Å². The van der Waals surface area contributed by atoms with E-state index < -0.39 is 0 Å². The van der Waals surface area contributed by atoms with Gasteiger partial charge in [-0.25, -0.2) is 0 Å². The van der Waals surface area contributed by atoms with Gasteiger partial charge in [-0.1, -0.05) is 13.3 Å². The highest BCUT2D eigenvalue weighted by Crippen LogP contribution is 2.16. The van der Waals surface area contributed by atoms with Crippen molar-refractivity contribution in [3.8, 4) is 0 Å². The number of carbonyl (C=O) groups is 1. The first-order valence-corrected chi connectivity index (χ1v) is 7.53. The molecule has 2 N–H and O–H groups in total. The van der Waals surface area contributed by atoms with E-state index in [2.05, 4.69) is 22.5 Å². The second-order valence-electron chi connectivity index (χ2n) is 5.63. The van der Waals surface area contributed by atoms with Gasteiger partial charge >= 0.3 is 0 Å². The van der Waals surface area contributed by atoms with Crippen LogP contribution >= 0.6 is 0 Å². The van der Waals surface area contributed by atoms with E-state index >= 15 is 0 Å². The lowest BCUT2D eigenvalue weighted by Crippen LogP contribution is -2.48. The number of nitrogens with zero attached hydrogens (tertiary/aromatic N) is 1. The summed E-state index contributed by atoms with van der Waals surface area (Å²) in [6.45, 7) is 7.63. The molecule has 0 aromatic heterocycles. The Morgan fingerprint density at radius 1 is 1.28 bits per heavy atom. The van der Waals surface area contributed by atoms with Crippen molar-refractivity contribution in [3.63, 3.8) is 0 Å². The van der Waals surface area contributed by atoms with Gasteiger partial charge in [-0.05, 0) is 57.8 Å². The predicted octanol–water partition coefficient (Wildman–Crippen LogP) is 0.977. The van der Waals surface area contributed by atoms with E-state index in [1.807, 2.05) is 0 Å². The van der Waals surface area contributed by atoms with Gasteiger partial charge in [0.1, 0.15) is 0 Å². The molecule has 0 aromatic rings. The maximum absolute atomic E-state index is 12.0. The third-order valence-corrected chi connectivity index (χ3v) is 4.35. The molecule has 2 heterocycles. The maximum Gasteiger partial charge on any atom is 0.237 e. The van der Waals surface area contributed by atoms with Crippen LogP contribution in [0.2, 0.25) is 0 Å². The summed E-state index contributed by atoms with van der Waals surface area (Å²) in [6, 6.07) is 0.0643. The van der Waals surface area contributed by atoms with Crippen molar-refractivity contribution in [1.29, 1.82) is 0 Å². The molecule has 4 nitrogen and oxygen atoms in total. The molecule has 0 unspecified atom stereocenters. The molecule has 104 valence electrons. The number of hydrogen-bond acceptors (Lipinski definition) is 3. The van der Waals surface area contributed by atoms with E-state index in [0.717, 1.165) is 26.1 Å². The van der Waals surface area contributed by atoms with Crippen LogP contribution in [0.3, 0.4) is 0 Å². The van der Waals surface area contributed by atoms with Crippen molar-refractivity contribution in [3.05, 3.63) is 0 Å². The van der Waals surface area contributed by atoms with Crippen LogP contribution in [-0.4, -0.2) is 49.6 Å². The minimum Gasteiger partial charge on any atom is -0.354 e. The number of rotatable bonds is 4. The molecule has 0 saturated carbocycles. The van der Waals surface area contributed by atoms with Crippen LogP contribution in [0.25, 0.3) is 0 Å². The lowest BCUT2D eigenvalue weighted by atomic mass is 9.96. The summed E-state index contributed by atoms with van der Waals surface area (Å²) < 4.78 is 0. The highest BCUT2D eigenvalue weighted by atomic mass is 16.2. The smallest absolute Gasteiger partial charge is 0.237 e. The van der Waals surface area contributed by atoms with Crippen LogP contribution in [0, 0.1) is 5.92 Å². The first kappa shape index (κ1) is 13.8. The maximum atomic E-state index is 12.0. The molecule has 2 aliphatic rings. The molecule has 2 rings (SSSR count). The van der Waals surface area contributed by atoms with Crippen LogP contribution in [0.15, 0.2) is 0 Å². The zero-order valence-electron chi connectivity index (χ0n) is 11.6. The summed E-state index contributed by atoms with van der Waals surface area (Å²) in [5.74, 6) is 0.896. The molecule has 2 saturated heterocycles. The van der Waals surface area contributed by atoms with Gasteiger partial charge in [0.2, 0.25) is 5.91 Å². The normalized spacial score (nSPS) is 27.1. The van der Waals surface area contributed by atoms with Crippen LogP contribution in [0.1, 0.15) is 39.0 Å². The first-order valence-electron chi connectivity index (χ1n) is 7.53. The van der Waals surface area contributed by atoms with Gasteiger partial charge in [0.05, 0.1) is 6.04 Å². The average Bonchev–Trinajstić information content (AvgIpc) is 2.46. The van der Waals surface area contributed by atoms with Crippen molar-refractivity contribution >= 4 is 5.91 Å². The molecule has 18 heavy (non-hydrogen) atoms. The summed E-state index contributed by atoms with van der Waals surface area (Å²) in [4.78, 5) is 14.5. The summed E-state index contributed by atoms with van der Waals surface area (Å²) in [7, 11) is 0. The summed E-state index contributed by atoms with van der Waals surface area (Å²) in [5.41, 5.74) is 0. The molecule has 2 aliphatic heterocycles. The molecule has 1 amide bonds. The molecule has 1 atom stereocenters. The lowest BCUT2D eigenvalue weighted by molar-refractivity contribution is -0.123. The van der Waals surface area contributed by atoms with Crippen LogP contribution < -0.4 is 10.6 Å². The zero-order valence-corrected chi connectivity index (χ0v) is 11.6. The first-order chi connectivity index (χ1) is 8.79. The Balaban J connectivity index is 1.63. The average molecular weight is 253 g/mol. The highest BCUT2D eigenvalue weighted by molar-refractivity contribution is 5.81. The Morgan fingerprint density at radius 3 is 2.67 bits per heavy atom. The molecule has 0 radical (unpaired) electrons. The van der Waals surface area contributed by atoms with Crippen molar-refractivity contribution < 1.29 is 4.79 Å². The summed E-state index contributed by atoms with van der Waals surface area (Å²) in [5, 5.41) is 6.44. The largest absolute Gasteiger partial charge is 0.354 e. The van der Waals surface area contributed by atoms with Crippen molar-refractivity contribution in [1.82, 2.24) is 15.5 Å². The summed E-state index contributed by atoms with van der Waals surface area (Å²) in [6.07, 6.45) is 5.85. The molecule has 0 spiro atoms. The van der Waals surface area contributed by atoms with Gasteiger partial charge < -0.3 is 15.5 Å². The molecular weight excluding hydrogens is 226 g/mol. The third-order valence-electron chi connectivity index (χ3n) is 4.35. The SMILES string of the molecule is CCN1CCC(CNC(=O)[C@H]2CCCCN2)CC1. The zero-order chi connectivity index (χ0) is 12.8. The minimum absolute atomic E-state index is 0.0643. The Bertz CT molecular complexity index is 256. The number of nitrogens with one attached hydrogen (secondary N) is 2. The van der Waals surface area contributed by atoms with Gasteiger partial charge in [-0.15, -0.1) is 0 Å². The molecule has 0 aliphatic carbocycles. The third kappa shape index (κ3) is 3.95. The van der Waals surface area contributed by atoms with Crippen LogP contribution in [0.4, 0.5) is 0 Å². The molecular formula is C14H27N3O. The quantitative estimate of drug-likeness (QED) is 0.785. The van der Waals surface area contributed by atoms with Gasteiger partial charge in [-0.3, -0.25) is 4.79 Å². The second kappa shape index (κ2) is 7.10. The van der Waals surface area contributed by atoms with E-state index in [9.17, 15) is 4.79 Å². The van der Waals surface area contributed by atoms with Crippen molar-refractivity contribution in [2.24, 2.45) is 5.92 Å². The van der Waals surface area contributed by atoms with Gasteiger partial charge in [0.15, 0.2) is 0 Å². The molecule has 2 fully saturated rings. The van der Waals surface area contributed by atoms with Crippen molar-refractivity contribution in [2.45, 2.75) is 45.1 Å². The fourth-order valence-electron chi connectivity index (χ4n) is 2.95. The van der Waals surface area contributed by atoms with E-state index in [0.29, 0.717) is 5.92 Å². The van der Waals surface area contributed by atoms with Gasteiger partial charge in [-0.2, -0.15) is 0 Å².